The molecule has 2 rings (SSSR count). The number of hydrogen-bond acceptors (Lipinski definition) is 4. The zero-order chi connectivity index (χ0) is 16.1. The van der Waals surface area contributed by atoms with E-state index >= 15 is 0 Å². The number of nitrogens with zero attached hydrogens (tertiary/aromatic N) is 1. The van der Waals surface area contributed by atoms with E-state index in [0.29, 0.717) is 4.88 Å². The minimum absolute atomic E-state index is 0. The number of nitrogens with one attached hydrogen (secondary N) is 2. The molecule has 5 nitrogen and oxygen atoms in total. The van der Waals surface area contributed by atoms with Crippen LogP contribution in [0.1, 0.15) is 36.4 Å². The summed E-state index contributed by atoms with van der Waals surface area (Å²) in [6, 6.07) is 3.31. The Morgan fingerprint density at radius 2 is 2.26 bits per heavy atom. The minimum Gasteiger partial charge on any atom is -0.340 e. The smallest absolute Gasteiger partial charge is 0.262 e. The summed E-state index contributed by atoms with van der Waals surface area (Å²) < 4.78 is 0.904. The number of hydrogen-bond donors (Lipinski definition) is 2. The summed E-state index contributed by atoms with van der Waals surface area (Å²) in [5, 5.41) is 6.10. The van der Waals surface area contributed by atoms with Gasteiger partial charge in [-0.05, 0) is 54.4 Å². The molecule has 2 heterocycles. The van der Waals surface area contributed by atoms with Crippen LogP contribution in [0, 0.1) is 0 Å². The lowest BCUT2D eigenvalue weighted by Gasteiger charge is -2.31. The average Bonchev–Trinajstić information content (AvgIpc) is 3.15. The lowest BCUT2D eigenvalue weighted by Crippen LogP contribution is -2.51. The summed E-state index contributed by atoms with van der Waals surface area (Å²) in [5.74, 6) is -0.197. The fourth-order valence-corrected chi connectivity index (χ4v) is 3.92. The second kappa shape index (κ2) is 9.61. The second-order valence-electron chi connectivity index (χ2n) is 5.48. The quantitative estimate of drug-likeness (QED) is 0.738. The van der Waals surface area contributed by atoms with Crippen molar-refractivity contribution in [3.05, 3.63) is 20.8 Å². The average molecular weight is 425 g/mol. The first-order chi connectivity index (χ1) is 10.5. The molecule has 0 spiro atoms. The molecular weight excluding hydrogens is 402 g/mol. The van der Waals surface area contributed by atoms with E-state index in [2.05, 4.69) is 33.5 Å². The third-order valence-corrected chi connectivity index (χ3v) is 5.36. The minimum atomic E-state index is -0.513. The first kappa shape index (κ1) is 20.4. The molecule has 8 heteroatoms. The van der Waals surface area contributed by atoms with Crippen LogP contribution in [-0.2, 0) is 4.79 Å². The standard InChI is InChI=1S/C15H22BrN3O2S.ClH/c1-3-8-19(11-6-7-17-9-11)15(21)10(2)18-14(20)12-4-5-13(16)22-12;/h4-5,10-11,17H,3,6-9H2,1-2H3,(H,18,20);1H. The first-order valence-electron chi connectivity index (χ1n) is 7.60. The van der Waals surface area contributed by atoms with Gasteiger partial charge in [0.15, 0.2) is 0 Å². The Morgan fingerprint density at radius 3 is 2.78 bits per heavy atom. The van der Waals surface area contributed by atoms with Gasteiger partial charge in [-0.15, -0.1) is 23.7 Å². The number of thiophene rings is 1. The highest BCUT2D eigenvalue weighted by molar-refractivity contribution is 9.11. The van der Waals surface area contributed by atoms with E-state index in [0.717, 1.165) is 36.3 Å². The van der Waals surface area contributed by atoms with E-state index in [1.165, 1.54) is 11.3 Å². The Bertz CT molecular complexity index is 535. The molecule has 1 aliphatic rings. The van der Waals surface area contributed by atoms with Gasteiger partial charge in [-0.3, -0.25) is 9.59 Å². The van der Waals surface area contributed by atoms with E-state index in [1.54, 1.807) is 13.0 Å². The molecule has 0 saturated carbocycles. The van der Waals surface area contributed by atoms with Crippen molar-refractivity contribution < 1.29 is 9.59 Å². The van der Waals surface area contributed by atoms with Crippen LogP contribution in [0.25, 0.3) is 0 Å². The van der Waals surface area contributed by atoms with Gasteiger partial charge in [-0.25, -0.2) is 0 Å². The molecule has 1 aromatic heterocycles. The van der Waals surface area contributed by atoms with Crippen LogP contribution < -0.4 is 10.6 Å². The molecule has 1 saturated heterocycles. The fourth-order valence-electron chi connectivity index (χ4n) is 2.63. The lowest BCUT2D eigenvalue weighted by atomic mass is 10.1. The molecule has 0 radical (unpaired) electrons. The summed E-state index contributed by atoms with van der Waals surface area (Å²) >= 11 is 4.70. The maximum atomic E-state index is 12.7. The van der Waals surface area contributed by atoms with Crippen LogP contribution in [0.3, 0.4) is 0 Å². The van der Waals surface area contributed by atoms with Gasteiger partial charge in [0.1, 0.15) is 6.04 Å². The summed E-state index contributed by atoms with van der Waals surface area (Å²) in [4.78, 5) is 27.4. The molecule has 130 valence electrons. The number of carbonyl (C=O) groups excluding carboxylic acids is 2. The van der Waals surface area contributed by atoms with Crippen LogP contribution in [-0.4, -0.2) is 48.4 Å². The van der Waals surface area contributed by atoms with Crippen LogP contribution in [0.2, 0.25) is 0 Å². The van der Waals surface area contributed by atoms with Crippen molar-refractivity contribution in [3.8, 4) is 0 Å². The molecular formula is C15H23BrClN3O2S. The monoisotopic (exact) mass is 423 g/mol. The molecule has 2 amide bonds. The zero-order valence-corrected chi connectivity index (χ0v) is 16.5. The summed E-state index contributed by atoms with van der Waals surface area (Å²) in [5.41, 5.74) is 0. The van der Waals surface area contributed by atoms with Crippen molar-refractivity contribution in [1.82, 2.24) is 15.5 Å². The van der Waals surface area contributed by atoms with Crippen molar-refractivity contribution in [1.29, 1.82) is 0 Å². The third-order valence-electron chi connectivity index (χ3n) is 3.74. The Kier molecular flexibility index (Phi) is 8.53. The van der Waals surface area contributed by atoms with Gasteiger partial charge in [0.25, 0.3) is 5.91 Å². The topological polar surface area (TPSA) is 61.4 Å². The number of carbonyl (C=O) groups is 2. The van der Waals surface area contributed by atoms with Crippen LogP contribution >= 0.6 is 39.7 Å². The summed E-state index contributed by atoms with van der Waals surface area (Å²) in [6.07, 6.45) is 1.89. The van der Waals surface area contributed by atoms with Gasteiger partial charge in [0.2, 0.25) is 5.91 Å². The van der Waals surface area contributed by atoms with Crippen LogP contribution in [0.5, 0.6) is 0 Å². The van der Waals surface area contributed by atoms with Gasteiger partial charge in [0, 0.05) is 19.1 Å². The fraction of sp³-hybridized carbons (Fsp3) is 0.600. The van der Waals surface area contributed by atoms with Gasteiger partial charge in [-0.1, -0.05) is 6.92 Å². The molecule has 2 N–H and O–H groups in total. The predicted molar refractivity (Wildman–Crippen MR) is 99.5 cm³/mol. The number of halogens is 2. The maximum Gasteiger partial charge on any atom is 0.262 e. The highest BCUT2D eigenvalue weighted by Gasteiger charge is 2.29. The molecule has 0 aliphatic carbocycles. The van der Waals surface area contributed by atoms with Crippen LogP contribution in [0.4, 0.5) is 0 Å². The molecule has 2 unspecified atom stereocenters. The molecule has 0 bridgehead atoms. The highest BCUT2D eigenvalue weighted by atomic mass is 79.9. The van der Waals surface area contributed by atoms with Gasteiger partial charge < -0.3 is 15.5 Å². The molecule has 1 fully saturated rings. The van der Waals surface area contributed by atoms with E-state index in [1.807, 2.05) is 11.0 Å². The van der Waals surface area contributed by atoms with Crippen LogP contribution in [0.15, 0.2) is 15.9 Å². The van der Waals surface area contributed by atoms with Crippen molar-refractivity contribution in [2.75, 3.05) is 19.6 Å². The van der Waals surface area contributed by atoms with E-state index < -0.39 is 6.04 Å². The third kappa shape index (κ3) is 5.45. The first-order valence-corrected chi connectivity index (χ1v) is 9.21. The highest BCUT2D eigenvalue weighted by Crippen LogP contribution is 2.22. The largest absolute Gasteiger partial charge is 0.340 e. The van der Waals surface area contributed by atoms with Crippen molar-refractivity contribution in [2.45, 2.75) is 38.8 Å². The maximum absolute atomic E-state index is 12.7. The van der Waals surface area contributed by atoms with E-state index in [-0.39, 0.29) is 30.3 Å². The predicted octanol–water partition coefficient (Wildman–Crippen LogP) is 2.65. The van der Waals surface area contributed by atoms with Crippen molar-refractivity contribution in [3.63, 3.8) is 0 Å². The normalized spacial score (nSPS) is 18.1. The molecule has 23 heavy (non-hydrogen) atoms. The van der Waals surface area contributed by atoms with Gasteiger partial charge in [0.05, 0.1) is 8.66 Å². The Hall–Kier alpha value is -0.630. The molecule has 0 aromatic carbocycles. The van der Waals surface area contributed by atoms with Gasteiger partial charge >= 0.3 is 0 Å². The Balaban J connectivity index is 0.00000264. The number of amides is 2. The van der Waals surface area contributed by atoms with Gasteiger partial charge in [-0.2, -0.15) is 0 Å². The van der Waals surface area contributed by atoms with Crippen molar-refractivity contribution >= 4 is 51.5 Å². The Labute approximate surface area is 155 Å². The molecule has 2 atom stereocenters. The summed E-state index contributed by atoms with van der Waals surface area (Å²) in [7, 11) is 0. The number of rotatable bonds is 6. The Morgan fingerprint density at radius 1 is 1.52 bits per heavy atom. The second-order valence-corrected chi connectivity index (χ2v) is 7.94. The van der Waals surface area contributed by atoms with Crippen molar-refractivity contribution in [2.24, 2.45) is 0 Å². The summed E-state index contributed by atoms with van der Waals surface area (Å²) in [6.45, 7) is 6.34. The molecule has 1 aliphatic heterocycles. The zero-order valence-electron chi connectivity index (χ0n) is 13.3. The van der Waals surface area contributed by atoms with E-state index in [9.17, 15) is 9.59 Å². The SMILES string of the molecule is CCCN(C(=O)C(C)NC(=O)c1ccc(Br)s1)C1CCNC1.Cl. The molecule has 1 aromatic rings. The van der Waals surface area contributed by atoms with E-state index in [4.69, 9.17) is 0 Å². The lowest BCUT2D eigenvalue weighted by molar-refractivity contribution is -0.134.